The maximum atomic E-state index is 7.63. The fourth-order valence-corrected chi connectivity index (χ4v) is 2.89. The zero-order chi connectivity index (χ0) is 15.4. The lowest BCUT2D eigenvalue weighted by atomic mass is 10.1. The molecule has 21 heavy (non-hydrogen) atoms. The molecular weight excluding hydrogens is 286 g/mol. The summed E-state index contributed by atoms with van der Waals surface area (Å²) in [5.74, 6) is 1.63. The lowest BCUT2D eigenvalue weighted by Gasteiger charge is -2.08. The molecule has 0 aliphatic carbocycles. The van der Waals surface area contributed by atoms with Crippen molar-refractivity contribution < 1.29 is 9.47 Å². The van der Waals surface area contributed by atoms with Gasteiger partial charge in [0.2, 0.25) is 0 Å². The Hall–Kier alpha value is -2.08. The number of hydrogen-bond donors (Lipinski definition) is 2. The Balaban J connectivity index is 2.17. The topological polar surface area (TPSA) is 81.2 Å². The van der Waals surface area contributed by atoms with Crippen molar-refractivity contribution in [2.75, 3.05) is 7.11 Å². The van der Waals surface area contributed by atoms with Gasteiger partial charge in [-0.3, -0.25) is 5.41 Å². The molecule has 0 fully saturated rings. The Morgan fingerprint density at radius 3 is 2.52 bits per heavy atom. The Kier molecular flexibility index (Phi) is 4.80. The zero-order valence-corrected chi connectivity index (χ0v) is 13.2. The molecular formula is C15H19N3O2S. The number of benzene rings is 1. The minimum Gasteiger partial charge on any atom is -0.493 e. The van der Waals surface area contributed by atoms with Crippen molar-refractivity contribution in [1.82, 2.24) is 4.98 Å². The Labute approximate surface area is 128 Å². The maximum Gasteiger partial charge on any atom is 0.161 e. The number of aromatic nitrogens is 1. The van der Waals surface area contributed by atoms with Crippen molar-refractivity contribution >= 4 is 17.2 Å². The molecule has 2 rings (SSSR count). The number of methoxy groups -OCH3 is 1. The molecule has 0 radical (unpaired) electrons. The number of nitrogen functional groups attached to an aromatic ring is 1. The van der Waals surface area contributed by atoms with Crippen molar-refractivity contribution in [3.8, 4) is 11.5 Å². The van der Waals surface area contributed by atoms with E-state index in [-0.39, 0.29) is 11.8 Å². The molecule has 3 N–H and O–H groups in total. The van der Waals surface area contributed by atoms with Crippen LogP contribution in [0.15, 0.2) is 24.3 Å². The van der Waals surface area contributed by atoms with Gasteiger partial charge < -0.3 is 15.2 Å². The highest BCUT2D eigenvalue weighted by Crippen LogP contribution is 2.29. The van der Waals surface area contributed by atoms with Crippen molar-refractivity contribution in [2.24, 2.45) is 5.73 Å². The molecule has 1 aromatic heterocycles. The van der Waals surface area contributed by atoms with Gasteiger partial charge in [0.1, 0.15) is 17.5 Å². The second kappa shape index (κ2) is 6.58. The number of rotatable bonds is 6. The first-order valence-electron chi connectivity index (χ1n) is 6.62. The van der Waals surface area contributed by atoms with Crippen molar-refractivity contribution in [2.45, 2.75) is 26.4 Å². The van der Waals surface area contributed by atoms with E-state index in [1.807, 2.05) is 38.1 Å². The van der Waals surface area contributed by atoms with E-state index in [0.717, 1.165) is 15.6 Å². The van der Waals surface area contributed by atoms with Crippen LogP contribution in [-0.4, -0.2) is 17.9 Å². The number of nitrogens with one attached hydrogen (secondary N) is 1. The Bertz CT molecular complexity index is 638. The highest BCUT2D eigenvalue weighted by atomic mass is 32.1. The summed E-state index contributed by atoms with van der Waals surface area (Å²) in [6.45, 7) is 4.40. The molecule has 1 heterocycles. The van der Waals surface area contributed by atoms with Crippen LogP contribution in [0.3, 0.4) is 0 Å². The molecule has 0 saturated heterocycles. The van der Waals surface area contributed by atoms with Gasteiger partial charge in [-0.1, -0.05) is 26.0 Å². The molecule has 0 aliphatic heterocycles. The summed E-state index contributed by atoms with van der Waals surface area (Å²) in [5.41, 5.74) is 6.46. The smallest absolute Gasteiger partial charge is 0.161 e. The molecule has 0 amide bonds. The van der Waals surface area contributed by atoms with Gasteiger partial charge in [-0.05, 0) is 18.1 Å². The van der Waals surface area contributed by atoms with Crippen LogP contribution in [0.25, 0.3) is 0 Å². The Morgan fingerprint density at radius 2 is 2.00 bits per heavy atom. The fourth-order valence-electron chi connectivity index (χ4n) is 1.90. The van der Waals surface area contributed by atoms with Gasteiger partial charge in [0, 0.05) is 0 Å². The van der Waals surface area contributed by atoms with E-state index in [1.165, 1.54) is 11.3 Å². The van der Waals surface area contributed by atoms with Crippen molar-refractivity contribution in [1.29, 1.82) is 5.41 Å². The quantitative estimate of drug-likeness (QED) is 0.634. The predicted molar refractivity (Wildman–Crippen MR) is 84.5 cm³/mol. The van der Waals surface area contributed by atoms with E-state index in [2.05, 4.69) is 4.98 Å². The number of nitrogens with zero attached hydrogens (tertiary/aromatic N) is 1. The Morgan fingerprint density at radius 1 is 1.33 bits per heavy atom. The van der Waals surface area contributed by atoms with Crippen LogP contribution in [0, 0.1) is 5.41 Å². The molecule has 5 nitrogen and oxygen atoms in total. The summed E-state index contributed by atoms with van der Waals surface area (Å²) in [6, 6.07) is 7.47. The molecule has 0 aliphatic rings. The first kappa shape index (κ1) is 15.3. The van der Waals surface area contributed by atoms with Gasteiger partial charge in [-0.25, -0.2) is 4.98 Å². The SMILES string of the molecule is COc1ccccc1OCc1nc(C(C)C)c(C(=N)N)s1. The van der Waals surface area contributed by atoms with Crippen LogP contribution in [0.1, 0.15) is 35.3 Å². The van der Waals surface area contributed by atoms with E-state index >= 15 is 0 Å². The molecule has 6 heteroatoms. The van der Waals surface area contributed by atoms with E-state index in [1.54, 1.807) is 7.11 Å². The first-order valence-corrected chi connectivity index (χ1v) is 7.44. The molecule has 0 saturated carbocycles. The van der Waals surface area contributed by atoms with Crippen LogP contribution in [0.2, 0.25) is 0 Å². The van der Waals surface area contributed by atoms with Crippen molar-refractivity contribution in [3.63, 3.8) is 0 Å². The number of para-hydroxylation sites is 2. The highest BCUT2D eigenvalue weighted by Gasteiger charge is 2.17. The lowest BCUT2D eigenvalue weighted by Crippen LogP contribution is -2.12. The van der Waals surface area contributed by atoms with Gasteiger partial charge in [0.15, 0.2) is 11.5 Å². The third-order valence-corrected chi connectivity index (χ3v) is 3.99. The average molecular weight is 305 g/mol. The van der Waals surface area contributed by atoms with E-state index < -0.39 is 0 Å². The third kappa shape index (κ3) is 3.52. The van der Waals surface area contributed by atoms with E-state index in [0.29, 0.717) is 18.1 Å². The van der Waals surface area contributed by atoms with Crippen LogP contribution in [0.5, 0.6) is 11.5 Å². The van der Waals surface area contributed by atoms with Gasteiger partial charge in [0.05, 0.1) is 17.7 Å². The van der Waals surface area contributed by atoms with Gasteiger partial charge in [-0.2, -0.15) is 0 Å². The summed E-state index contributed by atoms with van der Waals surface area (Å²) in [4.78, 5) is 5.26. The van der Waals surface area contributed by atoms with Gasteiger partial charge in [0.25, 0.3) is 0 Å². The minimum absolute atomic E-state index is 0.0553. The van der Waals surface area contributed by atoms with Gasteiger partial charge in [-0.15, -0.1) is 11.3 Å². The number of amidine groups is 1. The molecule has 2 aromatic rings. The van der Waals surface area contributed by atoms with Crippen LogP contribution in [0.4, 0.5) is 0 Å². The number of hydrogen-bond acceptors (Lipinski definition) is 5. The summed E-state index contributed by atoms with van der Waals surface area (Å²) in [7, 11) is 1.61. The standard InChI is InChI=1S/C15H19N3O2S/c1-9(2)13-14(15(16)17)21-12(18-13)8-20-11-7-5-4-6-10(11)19-3/h4-7,9H,8H2,1-3H3,(H3,16,17). The molecule has 0 bridgehead atoms. The van der Waals surface area contributed by atoms with Gasteiger partial charge >= 0.3 is 0 Å². The first-order chi connectivity index (χ1) is 10.0. The molecule has 0 unspecified atom stereocenters. The molecule has 112 valence electrons. The average Bonchev–Trinajstić information content (AvgIpc) is 2.90. The summed E-state index contributed by atoms with van der Waals surface area (Å²) >= 11 is 1.40. The second-order valence-corrected chi connectivity index (χ2v) is 5.91. The largest absolute Gasteiger partial charge is 0.493 e. The number of thiazole rings is 1. The molecule has 0 spiro atoms. The molecule has 1 aromatic carbocycles. The van der Waals surface area contributed by atoms with Crippen LogP contribution < -0.4 is 15.2 Å². The third-order valence-electron chi connectivity index (χ3n) is 2.91. The highest BCUT2D eigenvalue weighted by molar-refractivity contribution is 7.13. The van der Waals surface area contributed by atoms with E-state index in [9.17, 15) is 0 Å². The second-order valence-electron chi connectivity index (χ2n) is 4.83. The maximum absolute atomic E-state index is 7.63. The fraction of sp³-hybridized carbons (Fsp3) is 0.333. The monoisotopic (exact) mass is 305 g/mol. The normalized spacial score (nSPS) is 10.7. The van der Waals surface area contributed by atoms with Crippen LogP contribution >= 0.6 is 11.3 Å². The molecule has 0 atom stereocenters. The number of ether oxygens (including phenoxy) is 2. The van der Waals surface area contributed by atoms with E-state index in [4.69, 9.17) is 20.6 Å². The lowest BCUT2D eigenvalue weighted by molar-refractivity contribution is 0.284. The minimum atomic E-state index is 0.0553. The summed E-state index contributed by atoms with van der Waals surface area (Å²) < 4.78 is 11.0. The number of nitrogens with two attached hydrogens (primary N) is 1. The predicted octanol–water partition coefficient (Wildman–Crippen LogP) is 3.14. The summed E-state index contributed by atoms with van der Waals surface area (Å²) in [5, 5.41) is 8.43. The summed E-state index contributed by atoms with van der Waals surface area (Å²) in [6.07, 6.45) is 0. The van der Waals surface area contributed by atoms with Crippen LogP contribution in [-0.2, 0) is 6.61 Å². The zero-order valence-electron chi connectivity index (χ0n) is 12.3. The van der Waals surface area contributed by atoms with Crippen molar-refractivity contribution in [3.05, 3.63) is 39.8 Å².